The molecule has 1 aliphatic rings. The van der Waals surface area contributed by atoms with Gasteiger partial charge in [-0.1, -0.05) is 6.07 Å². The molecule has 1 aliphatic heterocycles. The lowest BCUT2D eigenvalue weighted by Crippen LogP contribution is -2.45. The number of thiophene rings is 1. The van der Waals surface area contributed by atoms with Crippen LogP contribution in [0.3, 0.4) is 0 Å². The van der Waals surface area contributed by atoms with Crippen molar-refractivity contribution in [3.63, 3.8) is 0 Å². The number of nitrogens with one attached hydrogen (secondary N) is 2. The minimum absolute atomic E-state index is 0.574. The molecule has 158 valence electrons. The van der Waals surface area contributed by atoms with Crippen LogP contribution in [-0.2, 0) is 6.54 Å². The number of likely N-dealkylation sites (tertiary alicyclic amines) is 1. The molecule has 1 aromatic heterocycles. The summed E-state index contributed by atoms with van der Waals surface area (Å²) in [6.07, 6.45) is 2.53. The van der Waals surface area contributed by atoms with Gasteiger partial charge in [0.15, 0.2) is 5.96 Å². The molecule has 0 aliphatic carbocycles. The summed E-state index contributed by atoms with van der Waals surface area (Å²) in [7, 11) is 3.47. The lowest BCUT2D eigenvalue weighted by Gasteiger charge is -2.32. The molecule has 1 unspecified atom stereocenters. The Morgan fingerprint density at radius 2 is 2.03 bits per heavy atom. The van der Waals surface area contributed by atoms with E-state index >= 15 is 0 Å². The third-order valence-electron chi connectivity index (χ3n) is 5.07. The van der Waals surface area contributed by atoms with E-state index in [2.05, 4.69) is 38.0 Å². The molecule has 1 atom stereocenters. The van der Waals surface area contributed by atoms with E-state index < -0.39 is 0 Å². The second-order valence-corrected chi connectivity index (χ2v) is 8.26. The van der Waals surface area contributed by atoms with Crippen LogP contribution in [0.15, 0.2) is 46.8 Å². The number of guanidine groups is 1. The van der Waals surface area contributed by atoms with Crippen molar-refractivity contribution in [1.29, 1.82) is 0 Å². The number of piperidine rings is 1. The van der Waals surface area contributed by atoms with Gasteiger partial charge in [-0.05, 0) is 61.0 Å². The zero-order valence-corrected chi connectivity index (χ0v) is 18.2. The monoisotopic (exact) mass is 416 g/mol. The predicted molar refractivity (Wildman–Crippen MR) is 120 cm³/mol. The molecule has 29 heavy (non-hydrogen) atoms. The Morgan fingerprint density at radius 3 is 2.76 bits per heavy atom. The number of aliphatic imine (C=N–C) groups is 1. The van der Waals surface area contributed by atoms with E-state index in [1.54, 1.807) is 7.11 Å². The molecule has 0 amide bonds. The molecular formula is C22H32N4O2S. The van der Waals surface area contributed by atoms with Crippen LogP contribution >= 0.6 is 11.3 Å². The van der Waals surface area contributed by atoms with Crippen LogP contribution in [-0.4, -0.2) is 57.8 Å². The summed E-state index contributed by atoms with van der Waals surface area (Å²) in [5.74, 6) is 3.15. The first kappa shape index (κ1) is 21.5. The Labute approximate surface area is 177 Å². The summed E-state index contributed by atoms with van der Waals surface area (Å²) in [6.45, 7) is 5.63. The topological polar surface area (TPSA) is 58.1 Å². The first-order chi connectivity index (χ1) is 14.3. The van der Waals surface area contributed by atoms with Crippen molar-refractivity contribution in [1.82, 2.24) is 15.5 Å². The van der Waals surface area contributed by atoms with Crippen molar-refractivity contribution < 1.29 is 9.47 Å². The van der Waals surface area contributed by atoms with E-state index in [-0.39, 0.29) is 0 Å². The van der Waals surface area contributed by atoms with Gasteiger partial charge in [0.05, 0.1) is 13.7 Å². The van der Waals surface area contributed by atoms with Crippen molar-refractivity contribution in [2.75, 3.05) is 46.9 Å². The average molecular weight is 417 g/mol. The Bertz CT molecular complexity index is 734. The fraction of sp³-hybridized carbons (Fsp3) is 0.500. The largest absolute Gasteiger partial charge is 0.497 e. The number of methoxy groups -OCH3 is 1. The quantitative estimate of drug-likeness (QED) is 0.373. The number of rotatable bonds is 9. The van der Waals surface area contributed by atoms with Crippen LogP contribution in [0.4, 0.5) is 0 Å². The minimum atomic E-state index is 0.574. The zero-order chi connectivity index (χ0) is 20.3. The van der Waals surface area contributed by atoms with Gasteiger partial charge in [0.2, 0.25) is 0 Å². The molecule has 0 bridgehead atoms. The van der Waals surface area contributed by atoms with Crippen molar-refractivity contribution in [2.24, 2.45) is 10.9 Å². The second-order valence-electron chi connectivity index (χ2n) is 7.23. The highest BCUT2D eigenvalue weighted by molar-refractivity contribution is 7.09. The van der Waals surface area contributed by atoms with Crippen LogP contribution in [0.2, 0.25) is 0 Å². The summed E-state index contributed by atoms with van der Waals surface area (Å²) in [4.78, 5) is 8.35. The maximum Gasteiger partial charge on any atom is 0.191 e. The maximum absolute atomic E-state index is 5.75. The van der Waals surface area contributed by atoms with Crippen molar-refractivity contribution in [3.05, 3.63) is 46.7 Å². The molecule has 2 heterocycles. The number of ether oxygens (including phenoxy) is 2. The smallest absolute Gasteiger partial charge is 0.191 e. The summed E-state index contributed by atoms with van der Waals surface area (Å²) >= 11 is 1.85. The molecule has 3 rings (SSSR count). The molecule has 1 saturated heterocycles. The van der Waals surface area contributed by atoms with Crippen LogP contribution in [0.25, 0.3) is 0 Å². The van der Waals surface area contributed by atoms with Crippen LogP contribution in [0, 0.1) is 5.92 Å². The van der Waals surface area contributed by atoms with Gasteiger partial charge in [-0.2, -0.15) is 0 Å². The summed E-state index contributed by atoms with van der Waals surface area (Å²) in [5.41, 5.74) is 0. The van der Waals surface area contributed by atoms with E-state index in [4.69, 9.17) is 9.47 Å². The van der Waals surface area contributed by atoms with Crippen LogP contribution < -0.4 is 20.1 Å². The fourth-order valence-corrected chi connectivity index (χ4v) is 4.30. The molecule has 2 N–H and O–H groups in total. The molecule has 1 aromatic carbocycles. The van der Waals surface area contributed by atoms with Gasteiger partial charge in [-0.3, -0.25) is 9.89 Å². The van der Waals surface area contributed by atoms with Crippen molar-refractivity contribution in [3.8, 4) is 11.5 Å². The highest BCUT2D eigenvalue weighted by Crippen LogP contribution is 2.20. The molecule has 7 heteroatoms. The summed E-state index contributed by atoms with van der Waals surface area (Å²) < 4.78 is 10.9. The number of hydrogen-bond acceptors (Lipinski definition) is 5. The Balaban J connectivity index is 1.33. The zero-order valence-electron chi connectivity index (χ0n) is 17.4. The molecule has 0 spiro atoms. The van der Waals surface area contributed by atoms with Gasteiger partial charge >= 0.3 is 0 Å². The van der Waals surface area contributed by atoms with Gasteiger partial charge < -0.3 is 20.1 Å². The van der Waals surface area contributed by atoms with Crippen LogP contribution in [0.5, 0.6) is 11.5 Å². The minimum Gasteiger partial charge on any atom is -0.497 e. The normalized spacial score (nSPS) is 17.7. The van der Waals surface area contributed by atoms with E-state index in [1.807, 2.05) is 42.6 Å². The van der Waals surface area contributed by atoms with E-state index in [9.17, 15) is 0 Å². The first-order valence-electron chi connectivity index (χ1n) is 10.2. The Kier molecular flexibility index (Phi) is 8.64. The van der Waals surface area contributed by atoms with E-state index in [1.165, 1.54) is 24.3 Å². The predicted octanol–water partition coefficient (Wildman–Crippen LogP) is 3.21. The standard InChI is InChI=1S/C22H32N4O2S/c1-23-22(24-11-13-28-20-9-7-19(27-2)8-10-20)25-15-18-5-3-12-26(16-18)17-21-6-4-14-29-21/h4,6-10,14,18H,3,5,11-13,15-17H2,1-2H3,(H2,23,24,25). The Morgan fingerprint density at radius 1 is 1.21 bits per heavy atom. The Hall–Kier alpha value is -2.25. The van der Waals surface area contributed by atoms with Gasteiger partial charge in [-0.15, -0.1) is 11.3 Å². The fourth-order valence-electron chi connectivity index (χ4n) is 3.56. The molecule has 0 radical (unpaired) electrons. The number of benzene rings is 1. The number of nitrogens with zero attached hydrogens (tertiary/aromatic N) is 2. The molecule has 1 fully saturated rings. The highest BCUT2D eigenvalue weighted by Gasteiger charge is 2.20. The van der Waals surface area contributed by atoms with Gasteiger partial charge in [0.1, 0.15) is 18.1 Å². The van der Waals surface area contributed by atoms with E-state index in [0.29, 0.717) is 19.1 Å². The van der Waals surface area contributed by atoms with Crippen molar-refractivity contribution in [2.45, 2.75) is 19.4 Å². The molecule has 0 saturated carbocycles. The lowest BCUT2D eigenvalue weighted by molar-refractivity contribution is 0.169. The molecule has 2 aromatic rings. The van der Waals surface area contributed by atoms with Gasteiger partial charge in [0.25, 0.3) is 0 Å². The SMILES string of the molecule is CN=C(NCCOc1ccc(OC)cc1)NCC1CCCN(Cc2cccs2)C1. The van der Waals surface area contributed by atoms with E-state index in [0.717, 1.165) is 37.1 Å². The first-order valence-corrected chi connectivity index (χ1v) is 11.1. The highest BCUT2D eigenvalue weighted by atomic mass is 32.1. The summed E-state index contributed by atoms with van der Waals surface area (Å²) in [5, 5.41) is 8.96. The maximum atomic E-state index is 5.75. The average Bonchev–Trinajstić information content (AvgIpc) is 3.27. The third kappa shape index (κ3) is 7.25. The van der Waals surface area contributed by atoms with Crippen LogP contribution in [0.1, 0.15) is 17.7 Å². The van der Waals surface area contributed by atoms with Gasteiger partial charge in [0, 0.05) is 31.6 Å². The number of hydrogen-bond donors (Lipinski definition) is 2. The second kappa shape index (κ2) is 11.7. The summed E-state index contributed by atoms with van der Waals surface area (Å²) in [6, 6.07) is 12.0. The van der Waals surface area contributed by atoms with Gasteiger partial charge in [-0.25, -0.2) is 0 Å². The lowest BCUT2D eigenvalue weighted by atomic mass is 9.98. The third-order valence-corrected chi connectivity index (χ3v) is 5.93. The van der Waals surface area contributed by atoms with Crippen molar-refractivity contribution >= 4 is 17.3 Å². The molecular weight excluding hydrogens is 384 g/mol. The molecule has 6 nitrogen and oxygen atoms in total.